The lowest BCUT2D eigenvalue weighted by Crippen LogP contribution is -2.45. The minimum atomic E-state index is 0.442. The Balaban J connectivity index is 1.86. The molecule has 0 spiro atoms. The normalized spacial score (nSPS) is 21.7. The fourth-order valence-electron chi connectivity index (χ4n) is 3.14. The van der Waals surface area contributed by atoms with Crippen molar-refractivity contribution in [1.29, 1.82) is 0 Å². The molecule has 1 heterocycles. The quantitative estimate of drug-likeness (QED) is 0.847. The number of likely N-dealkylation sites (N-methyl/N-ethyl adjacent to an activating group) is 1. The van der Waals surface area contributed by atoms with Gasteiger partial charge in [0.1, 0.15) is 0 Å². The van der Waals surface area contributed by atoms with Gasteiger partial charge >= 0.3 is 0 Å². The molecule has 118 valence electrons. The van der Waals surface area contributed by atoms with Gasteiger partial charge in [-0.25, -0.2) is 0 Å². The Morgan fingerprint density at radius 2 is 2.05 bits per heavy atom. The standard InChI is InChI=1S/C17H28BrN3/c1-19-17(14-6-8-15(18)9-7-14)10-12-21-11-4-5-16(13-21)20(2)3/h6-9,16-17,19H,4-5,10-13H2,1-3H3. The smallest absolute Gasteiger partial charge is 0.0329 e. The molecule has 2 unspecified atom stereocenters. The second-order valence-electron chi connectivity index (χ2n) is 6.24. The molecule has 0 aromatic heterocycles. The van der Waals surface area contributed by atoms with Crippen LogP contribution in [0.15, 0.2) is 28.7 Å². The Labute approximate surface area is 137 Å². The van der Waals surface area contributed by atoms with Crippen molar-refractivity contribution in [1.82, 2.24) is 15.1 Å². The van der Waals surface area contributed by atoms with Crippen LogP contribution in [0.2, 0.25) is 0 Å². The fourth-order valence-corrected chi connectivity index (χ4v) is 3.40. The molecule has 1 aliphatic rings. The molecule has 0 amide bonds. The van der Waals surface area contributed by atoms with Gasteiger partial charge in [0.15, 0.2) is 0 Å². The summed E-state index contributed by atoms with van der Waals surface area (Å²) in [5.74, 6) is 0. The molecule has 0 aliphatic carbocycles. The van der Waals surface area contributed by atoms with Gasteiger partial charge in [0.25, 0.3) is 0 Å². The predicted molar refractivity (Wildman–Crippen MR) is 93.7 cm³/mol. The molecule has 2 atom stereocenters. The predicted octanol–water partition coefficient (Wildman–Crippen LogP) is 3.13. The molecule has 0 saturated carbocycles. The van der Waals surface area contributed by atoms with Gasteiger partial charge in [0.05, 0.1) is 0 Å². The zero-order chi connectivity index (χ0) is 15.2. The molecular formula is C17H28BrN3. The number of halogens is 1. The first-order chi connectivity index (χ1) is 10.1. The van der Waals surface area contributed by atoms with Gasteiger partial charge in [0.2, 0.25) is 0 Å². The van der Waals surface area contributed by atoms with Gasteiger partial charge in [-0.05, 0) is 64.6 Å². The molecule has 1 aromatic carbocycles. The van der Waals surface area contributed by atoms with Crippen molar-refractivity contribution in [3.05, 3.63) is 34.3 Å². The van der Waals surface area contributed by atoms with E-state index in [9.17, 15) is 0 Å². The lowest BCUT2D eigenvalue weighted by Gasteiger charge is -2.36. The summed E-state index contributed by atoms with van der Waals surface area (Å²) in [5, 5.41) is 3.46. The van der Waals surface area contributed by atoms with Crippen LogP contribution < -0.4 is 5.32 Å². The van der Waals surface area contributed by atoms with Crippen LogP contribution in [0.4, 0.5) is 0 Å². The van der Waals surface area contributed by atoms with E-state index < -0.39 is 0 Å². The van der Waals surface area contributed by atoms with E-state index in [4.69, 9.17) is 0 Å². The highest BCUT2D eigenvalue weighted by atomic mass is 79.9. The highest BCUT2D eigenvalue weighted by molar-refractivity contribution is 9.10. The second-order valence-corrected chi connectivity index (χ2v) is 7.16. The van der Waals surface area contributed by atoms with Crippen molar-refractivity contribution in [2.75, 3.05) is 40.8 Å². The van der Waals surface area contributed by atoms with Crippen LogP contribution >= 0.6 is 15.9 Å². The highest BCUT2D eigenvalue weighted by Gasteiger charge is 2.21. The maximum Gasteiger partial charge on any atom is 0.0329 e. The number of likely N-dealkylation sites (tertiary alicyclic amines) is 1. The SMILES string of the molecule is CNC(CCN1CCCC(N(C)C)C1)c1ccc(Br)cc1. The van der Waals surface area contributed by atoms with Gasteiger partial charge in [-0.3, -0.25) is 0 Å². The highest BCUT2D eigenvalue weighted by Crippen LogP contribution is 2.21. The lowest BCUT2D eigenvalue weighted by atomic mass is 10.0. The third-order valence-corrected chi connectivity index (χ3v) is 5.09. The maximum absolute atomic E-state index is 3.50. The third kappa shape index (κ3) is 5.06. The number of nitrogens with one attached hydrogen (secondary N) is 1. The Morgan fingerprint density at radius 3 is 2.67 bits per heavy atom. The van der Waals surface area contributed by atoms with Crippen molar-refractivity contribution in [2.45, 2.75) is 31.3 Å². The summed E-state index contributed by atoms with van der Waals surface area (Å²) in [4.78, 5) is 4.99. The molecular weight excluding hydrogens is 326 g/mol. The van der Waals surface area contributed by atoms with Crippen LogP contribution in [0.25, 0.3) is 0 Å². The fraction of sp³-hybridized carbons (Fsp3) is 0.647. The van der Waals surface area contributed by atoms with Crippen molar-refractivity contribution < 1.29 is 0 Å². The Bertz CT molecular complexity index is 419. The van der Waals surface area contributed by atoms with E-state index in [2.05, 4.69) is 76.5 Å². The molecule has 1 aromatic rings. The summed E-state index contributed by atoms with van der Waals surface area (Å²) in [5.41, 5.74) is 1.38. The van der Waals surface area contributed by atoms with E-state index in [-0.39, 0.29) is 0 Å². The summed E-state index contributed by atoms with van der Waals surface area (Å²) in [7, 11) is 6.46. The average Bonchev–Trinajstić information content (AvgIpc) is 2.50. The number of rotatable bonds is 6. The minimum Gasteiger partial charge on any atom is -0.313 e. The molecule has 1 saturated heterocycles. The van der Waals surface area contributed by atoms with Gasteiger partial charge in [-0.15, -0.1) is 0 Å². The number of benzene rings is 1. The number of nitrogens with zero attached hydrogens (tertiary/aromatic N) is 2. The number of hydrogen-bond donors (Lipinski definition) is 1. The number of piperidine rings is 1. The van der Waals surface area contributed by atoms with Crippen molar-refractivity contribution >= 4 is 15.9 Å². The lowest BCUT2D eigenvalue weighted by molar-refractivity contribution is 0.129. The molecule has 3 nitrogen and oxygen atoms in total. The van der Waals surface area contributed by atoms with E-state index in [1.54, 1.807) is 0 Å². The van der Waals surface area contributed by atoms with Gasteiger partial charge in [-0.2, -0.15) is 0 Å². The Kier molecular flexibility index (Phi) is 6.68. The Hall–Kier alpha value is -0.420. The largest absolute Gasteiger partial charge is 0.313 e. The van der Waals surface area contributed by atoms with Crippen molar-refractivity contribution in [3.8, 4) is 0 Å². The molecule has 4 heteroatoms. The first-order valence-electron chi connectivity index (χ1n) is 7.91. The topological polar surface area (TPSA) is 18.5 Å². The van der Waals surface area contributed by atoms with E-state index >= 15 is 0 Å². The average molecular weight is 354 g/mol. The van der Waals surface area contributed by atoms with E-state index in [0.29, 0.717) is 6.04 Å². The van der Waals surface area contributed by atoms with E-state index in [0.717, 1.165) is 16.9 Å². The van der Waals surface area contributed by atoms with Crippen LogP contribution in [-0.2, 0) is 0 Å². The molecule has 1 aliphatic heterocycles. The zero-order valence-electron chi connectivity index (χ0n) is 13.5. The van der Waals surface area contributed by atoms with Crippen LogP contribution in [0, 0.1) is 0 Å². The molecule has 1 fully saturated rings. The summed E-state index contributed by atoms with van der Waals surface area (Å²) in [6.07, 6.45) is 3.83. The first kappa shape index (κ1) is 16.9. The summed E-state index contributed by atoms with van der Waals surface area (Å²) in [6, 6.07) is 9.84. The van der Waals surface area contributed by atoms with Gasteiger partial charge in [0, 0.05) is 29.6 Å². The van der Waals surface area contributed by atoms with Crippen LogP contribution in [0.1, 0.15) is 30.9 Å². The van der Waals surface area contributed by atoms with Gasteiger partial charge < -0.3 is 15.1 Å². The summed E-state index contributed by atoms with van der Waals surface area (Å²) in [6.45, 7) is 3.64. The molecule has 0 bridgehead atoms. The third-order valence-electron chi connectivity index (χ3n) is 4.57. The first-order valence-corrected chi connectivity index (χ1v) is 8.71. The monoisotopic (exact) mass is 353 g/mol. The van der Waals surface area contributed by atoms with E-state index in [1.807, 2.05) is 0 Å². The van der Waals surface area contributed by atoms with Crippen LogP contribution in [0.3, 0.4) is 0 Å². The molecule has 1 N–H and O–H groups in total. The second kappa shape index (κ2) is 8.28. The Morgan fingerprint density at radius 1 is 1.33 bits per heavy atom. The minimum absolute atomic E-state index is 0.442. The number of hydrogen-bond acceptors (Lipinski definition) is 3. The van der Waals surface area contributed by atoms with Crippen molar-refractivity contribution in [2.24, 2.45) is 0 Å². The molecule has 21 heavy (non-hydrogen) atoms. The van der Waals surface area contributed by atoms with Crippen molar-refractivity contribution in [3.63, 3.8) is 0 Å². The van der Waals surface area contributed by atoms with Gasteiger partial charge in [-0.1, -0.05) is 28.1 Å². The summed E-state index contributed by atoms with van der Waals surface area (Å²) < 4.78 is 1.14. The zero-order valence-corrected chi connectivity index (χ0v) is 15.1. The van der Waals surface area contributed by atoms with E-state index in [1.165, 1.54) is 38.0 Å². The molecule has 0 radical (unpaired) electrons. The van der Waals surface area contributed by atoms with Crippen LogP contribution in [0.5, 0.6) is 0 Å². The maximum atomic E-state index is 3.50. The summed E-state index contributed by atoms with van der Waals surface area (Å²) >= 11 is 3.50. The van der Waals surface area contributed by atoms with Crippen LogP contribution in [-0.4, -0.2) is 56.6 Å². The molecule has 2 rings (SSSR count).